The van der Waals surface area contributed by atoms with Gasteiger partial charge in [-0.2, -0.15) is 0 Å². The van der Waals surface area contributed by atoms with Gasteiger partial charge >= 0.3 is 5.97 Å². The molecular weight excluding hydrogens is 550 g/mol. The number of nitrogens with one attached hydrogen (secondary N) is 2. The first-order valence-electron chi connectivity index (χ1n) is 15.6. The second kappa shape index (κ2) is 12.0. The highest BCUT2D eigenvalue weighted by Gasteiger charge is 2.68. The van der Waals surface area contributed by atoms with Gasteiger partial charge in [0.25, 0.3) is 0 Å². The molecule has 1 aromatic heterocycles. The van der Waals surface area contributed by atoms with Gasteiger partial charge in [0.15, 0.2) is 0 Å². The molecule has 4 aliphatic rings. The SMILES string of the molecule is C=C[C@]1(C)C[C@@H](OC(=O)CSc2cncc(NC(=O)[C@H]3CCCCN3)c2)[C@]2(C)[C@H](C)CC[C@]3(CCC(=O)[C@H]32)[C@@H](C)[C@@H]1O. The predicted molar refractivity (Wildman–Crippen MR) is 164 cm³/mol. The molecular formula is C33H47N3O5S. The fraction of sp³-hybridized carbons (Fsp3) is 0.697. The van der Waals surface area contributed by atoms with E-state index >= 15 is 0 Å². The van der Waals surface area contributed by atoms with E-state index in [1.54, 1.807) is 12.4 Å². The zero-order chi connectivity index (χ0) is 30.3. The van der Waals surface area contributed by atoms with Crippen molar-refractivity contribution in [3.63, 3.8) is 0 Å². The highest BCUT2D eigenvalue weighted by molar-refractivity contribution is 8.00. The number of Topliss-reactive ketones (excluding diaryl/α,β-unsaturated/α-hetero) is 1. The number of ether oxygens (including phenoxy) is 1. The highest BCUT2D eigenvalue weighted by Crippen LogP contribution is 2.68. The van der Waals surface area contributed by atoms with E-state index in [4.69, 9.17) is 4.74 Å². The Hall–Kier alpha value is -2.23. The predicted octanol–water partition coefficient (Wildman–Crippen LogP) is 5.16. The van der Waals surface area contributed by atoms with Crippen molar-refractivity contribution in [3.05, 3.63) is 31.1 Å². The molecule has 9 heteroatoms. The third-order valence-corrected chi connectivity index (χ3v) is 12.5. The van der Waals surface area contributed by atoms with E-state index < -0.39 is 23.0 Å². The monoisotopic (exact) mass is 597 g/mol. The van der Waals surface area contributed by atoms with Crippen molar-refractivity contribution in [1.29, 1.82) is 0 Å². The number of rotatable bonds is 7. The minimum Gasteiger partial charge on any atom is -0.461 e. The van der Waals surface area contributed by atoms with Crippen LogP contribution in [0.25, 0.3) is 0 Å². The van der Waals surface area contributed by atoms with Gasteiger partial charge in [0, 0.05) is 34.3 Å². The first-order chi connectivity index (χ1) is 19.9. The van der Waals surface area contributed by atoms with Crippen LogP contribution in [0.15, 0.2) is 36.0 Å². The van der Waals surface area contributed by atoms with Crippen LogP contribution >= 0.6 is 11.8 Å². The molecule has 9 atom stereocenters. The number of amides is 1. The summed E-state index contributed by atoms with van der Waals surface area (Å²) in [6.45, 7) is 13.4. The summed E-state index contributed by atoms with van der Waals surface area (Å²) in [5, 5.41) is 17.9. The Morgan fingerprint density at radius 3 is 2.74 bits per heavy atom. The Morgan fingerprint density at radius 1 is 1.24 bits per heavy atom. The van der Waals surface area contributed by atoms with Crippen LogP contribution in [0.4, 0.5) is 5.69 Å². The number of esters is 1. The lowest BCUT2D eigenvalue weighted by Gasteiger charge is -2.61. The molecule has 5 rings (SSSR count). The molecule has 230 valence electrons. The second-order valence-electron chi connectivity index (χ2n) is 13.8. The Morgan fingerprint density at radius 2 is 2.02 bits per heavy atom. The van der Waals surface area contributed by atoms with E-state index in [9.17, 15) is 19.5 Å². The Labute approximate surface area is 254 Å². The van der Waals surface area contributed by atoms with Gasteiger partial charge < -0.3 is 20.5 Å². The summed E-state index contributed by atoms with van der Waals surface area (Å²) in [5.41, 5.74) is -0.909. The average molecular weight is 598 g/mol. The maximum absolute atomic E-state index is 13.6. The number of carbonyl (C=O) groups excluding carboxylic acids is 3. The third-order valence-electron chi connectivity index (χ3n) is 11.5. The summed E-state index contributed by atoms with van der Waals surface area (Å²) < 4.78 is 6.35. The first-order valence-corrected chi connectivity index (χ1v) is 16.6. The van der Waals surface area contributed by atoms with Gasteiger partial charge in [0.05, 0.1) is 29.8 Å². The summed E-state index contributed by atoms with van der Waals surface area (Å²) in [6.07, 6.45) is 10.3. The molecule has 2 bridgehead atoms. The van der Waals surface area contributed by atoms with E-state index in [0.717, 1.165) is 50.0 Å². The fourth-order valence-corrected chi connectivity index (χ4v) is 9.41. The number of aliphatic hydroxyl groups is 1. The molecule has 1 amide bonds. The van der Waals surface area contributed by atoms with Gasteiger partial charge in [0.1, 0.15) is 11.9 Å². The van der Waals surface area contributed by atoms with Gasteiger partial charge in [-0.15, -0.1) is 18.3 Å². The quantitative estimate of drug-likeness (QED) is 0.224. The molecule has 1 saturated heterocycles. The summed E-state index contributed by atoms with van der Waals surface area (Å²) in [5.74, 6) is -0.257. The summed E-state index contributed by atoms with van der Waals surface area (Å²) in [4.78, 5) is 44.7. The Kier molecular flexibility index (Phi) is 8.95. The van der Waals surface area contributed by atoms with Gasteiger partial charge in [-0.1, -0.05) is 40.2 Å². The van der Waals surface area contributed by atoms with Crippen LogP contribution in [-0.2, 0) is 19.1 Å². The molecule has 0 unspecified atom stereocenters. The topological polar surface area (TPSA) is 118 Å². The molecule has 1 aliphatic heterocycles. The van der Waals surface area contributed by atoms with Crippen molar-refractivity contribution in [2.75, 3.05) is 17.6 Å². The fourth-order valence-electron chi connectivity index (χ4n) is 8.71. The number of pyridine rings is 1. The number of thioether (sulfide) groups is 1. The minimum atomic E-state index is -0.690. The van der Waals surface area contributed by atoms with Crippen LogP contribution in [0.2, 0.25) is 0 Å². The van der Waals surface area contributed by atoms with Crippen molar-refractivity contribution in [3.8, 4) is 0 Å². The Balaban J connectivity index is 1.33. The Bertz CT molecular complexity index is 1220. The zero-order valence-corrected chi connectivity index (χ0v) is 26.3. The zero-order valence-electron chi connectivity index (χ0n) is 25.5. The second-order valence-corrected chi connectivity index (χ2v) is 14.8. The van der Waals surface area contributed by atoms with Gasteiger partial charge in [-0.25, -0.2) is 0 Å². The lowest BCUT2D eigenvalue weighted by atomic mass is 9.44. The van der Waals surface area contributed by atoms with Crippen LogP contribution in [0.1, 0.15) is 79.1 Å². The molecule has 3 aliphatic carbocycles. The number of ketones is 1. The molecule has 3 saturated carbocycles. The van der Waals surface area contributed by atoms with E-state index in [1.165, 1.54) is 11.8 Å². The maximum Gasteiger partial charge on any atom is 0.316 e. The van der Waals surface area contributed by atoms with Gasteiger partial charge in [-0.05, 0) is 68.4 Å². The molecule has 4 fully saturated rings. The largest absolute Gasteiger partial charge is 0.461 e. The number of nitrogens with zero attached hydrogens (tertiary/aromatic N) is 1. The van der Waals surface area contributed by atoms with E-state index in [0.29, 0.717) is 18.5 Å². The molecule has 0 radical (unpaired) electrons. The normalized spacial score (nSPS) is 39.9. The lowest BCUT2D eigenvalue weighted by Crippen LogP contribution is -2.63. The molecule has 8 nitrogen and oxygen atoms in total. The smallest absolute Gasteiger partial charge is 0.316 e. The molecule has 42 heavy (non-hydrogen) atoms. The number of aromatic nitrogens is 1. The van der Waals surface area contributed by atoms with Crippen LogP contribution in [0.5, 0.6) is 0 Å². The van der Waals surface area contributed by atoms with Crippen molar-refractivity contribution in [2.45, 2.75) is 102 Å². The van der Waals surface area contributed by atoms with Gasteiger partial charge in [-0.3, -0.25) is 19.4 Å². The number of hydrogen-bond acceptors (Lipinski definition) is 8. The van der Waals surface area contributed by atoms with Crippen molar-refractivity contribution < 1.29 is 24.2 Å². The lowest BCUT2D eigenvalue weighted by molar-refractivity contribution is -0.205. The summed E-state index contributed by atoms with van der Waals surface area (Å²) >= 11 is 1.31. The van der Waals surface area contributed by atoms with E-state index in [1.807, 2.05) is 19.1 Å². The third kappa shape index (κ3) is 5.45. The average Bonchev–Trinajstić information content (AvgIpc) is 3.35. The minimum absolute atomic E-state index is 0.0647. The van der Waals surface area contributed by atoms with Crippen molar-refractivity contribution in [2.24, 2.45) is 34.0 Å². The highest BCUT2D eigenvalue weighted by atomic mass is 32.2. The molecule has 0 aromatic carbocycles. The molecule has 0 spiro atoms. The van der Waals surface area contributed by atoms with Crippen LogP contribution in [0, 0.1) is 34.0 Å². The first kappa shape index (κ1) is 31.2. The molecule has 1 aromatic rings. The standard InChI is InChI=1S/C33H47N3O5S/c1-6-31(4)16-26(32(5)20(2)10-12-33(21(3)29(31)39)13-11-25(37)28(32)33)41-27(38)19-42-23-15-22(17-34-18-23)36-30(40)24-9-7-8-14-35-24/h6,15,17-18,20-21,24,26,28-29,35,39H,1,7-14,16,19H2,2-5H3,(H,36,40)/t20-,21+,24-,26-,28+,29+,31-,32+,33+/m1/s1. The van der Waals surface area contributed by atoms with E-state index in [-0.39, 0.29) is 52.6 Å². The molecule has 2 heterocycles. The van der Waals surface area contributed by atoms with Crippen molar-refractivity contribution in [1.82, 2.24) is 10.3 Å². The number of hydrogen-bond donors (Lipinski definition) is 3. The van der Waals surface area contributed by atoms with Crippen molar-refractivity contribution >= 4 is 35.1 Å². The number of carbonyl (C=O) groups is 3. The summed E-state index contributed by atoms with van der Waals surface area (Å²) in [6, 6.07) is 1.62. The number of aliphatic hydroxyl groups excluding tert-OH is 1. The number of piperidine rings is 1. The van der Waals surface area contributed by atoms with Crippen LogP contribution < -0.4 is 10.6 Å². The molecule has 3 N–H and O–H groups in total. The maximum atomic E-state index is 13.6. The summed E-state index contributed by atoms with van der Waals surface area (Å²) in [7, 11) is 0. The van der Waals surface area contributed by atoms with Crippen LogP contribution in [-0.4, -0.2) is 58.3 Å². The van der Waals surface area contributed by atoms with E-state index in [2.05, 4.69) is 43.0 Å². The van der Waals surface area contributed by atoms with Gasteiger partial charge in [0.2, 0.25) is 5.91 Å². The van der Waals surface area contributed by atoms with Crippen LogP contribution in [0.3, 0.4) is 0 Å². The number of anilines is 1.